The van der Waals surface area contributed by atoms with Gasteiger partial charge in [-0.3, -0.25) is 9.59 Å². The maximum Gasteiger partial charge on any atom is 0.217 e. The number of likely N-dealkylation sites (tertiary alicyclic amines) is 1. The molecule has 2 N–H and O–H groups in total. The number of methoxy groups -OCH3 is 1. The summed E-state index contributed by atoms with van der Waals surface area (Å²) >= 11 is 0. The van der Waals surface area contributed by atoms with Gasteiger partial charge in [0.05, 0.1) is 25.4 Å². The molecular formula is C27H34FN3O5. The predicted molar refractivity (Wildman–Crippen MR) is 134 cm³/mol. The van der Waals surface area contributed by atoms with Crippen LogP contribution in [0.1, 0.15) is 32.3 Å². The van der Waals surface area contributed by atoms with E-state index in [4.69, 9.17) is 14.2 Å². The Bertz CT molecular complexity index is 1100. The topological polar surface area (TPSA) is 89.1 Å². The number of amides is 1. The maximum atomic E-state index is 13.6. The standard InChI is InChI=1S/C27H34FN3O5/c1-18(32)15-29-24-6-5-23(34-3)13-26(24)35-17-22(30-19(2)33)16-31-10-8-27(9-11-31)14-20-12-21(28)4-7-25(20)36-27/h4-7,12-13,22,29H,8-11,14-17H2,1-3H3,(H,30,33)/t22-/m1/s1. The zero-order valence-electron chi connectivity index (χ0n) is 21.1. The number of carbonyl (C=O) groups is 2. The number of carbonyl (C=O) groups excluding carboxylic acids is 2. The molecule has 4 rings (SSSR count). The van der Waals surface area contributed by atoms with Gasteiger partial charge in [-0.05, 0) is 37.3 Å². The molecule has 1 amide bonds. The Labute approximate surface area is 211 Å². The molecule has 194 valence electrons. The van der Waals surface area contributed by atoms with Gasteiger partial charge in [-0.2, -0.15) is 0 Å². The van der Waals surface area contributed by atoms with E-state index in [0.717, 1.165) is 43.7 Å². The molecule has 2 aliphatic heterocycles. The minimum absolute atomic E-state index is 0.00948. The zero-order valence-corrected chi connectivity index (χ0v) is 21.1. The Morgan fingerprint density at radius 3 is 2.64 bits per heavy atom. The van der Waals surface area contributed by atoms with E-state index in [1.165, 1.54) is 19.9 Å². The van der Waals surface area contributed by atoms with Crippen LogP contribution in [0.3, 0.4) is 0 Å². The number of hydrogen-bond acceptors (Lipinski definition) is 7. The van der Waals surface area contributed by atoms with Crippen LogP contribution < -0.4 is 24.8 Å². The number of rotatable bonds is 10. The first-order valence-electron chi connectivity index (χ1n) is 12.3. The van der Waals surface area contributed by atoms with E-state index in [1.54, 1.807) is 37.4 Å². The highest BCUT2D eigenvalue weighted by atomic mass is 19.1. The van der Waals surface area contributed by atoms with Crippen LogP contribution in [-0.4, -0.2) is 68.1 Å². The fourth-order valence-electron chi connectivity index (χ4n) is 4.87. The lowest BCUT2D eigenvalue weighted by atomic mass is 9.87. The molecule has 0 radical (unpaired) electrons. The van der Waals surface area contributed by atoms with Crippen LogP contribution >= 0.6 is 0 Å². The van der Waals surface area contributed by atoms with Crippen LogP contribution in [-0.2, 0) is 16.0 Å². The number of benzene rings is 2. The molecule has 1 saturated heterocycles. The normalized spacial score (nSPS) is 17.1. The van der Waals surface area contributed by atoms with Gasteiger partial charge in [0, 0.05) is 57.5 Å². The lowest BCUT2D eigenvalue weighted by Crippen LogP contribution is -2.52. The Morgan fingerprint density at radius 2 is 1.94 bits per heavy atom. The lowest BCUT2D eigenvalue weighted by molar-refractivity contribution is -0.120. The van der Waals surface area contributed by atoms with Crippen molar-refractivity contribution in [3.05, 3.63) is 47.8 Å². The van der Waals surface area contributed by atoms with Crippen LogP contribution in [0.4, 0.5) is 10.1 Å². The van der Waals surface area contributed by atoms with Gasteiger partial charge in [-0.15, -0.1) is 0 Å². The summed E-state index contributed by atoms with van der Waals surface area (Å²) in [7, 11) is 1.58. The van der Waals surface area contributed by atoms with E-state index in [2.05, 4.69) is 15.5 Å². The average Bonchev–Trinajstić information content (AvgIpc) is 3.19. The fraction of sp³-hybridized carbons (Fsp3) is 0.481. The Balaban J connectivity index is 1.36. The highest BCUT2D eigenvalue weighted by Crippen LogP contribution is 2.41. The third-order valence-corrected chi connectivity index (χ3v) is 6.67. The molecule has 2 aromatic carbocycles. The Morgan fingerprint density at radius 1 is 1.17 bits per heavy atom. The maximum absolute atomic E-state index is 13.6. The second-order valence-electron chi connectivity index (χ2n) is 9.64. The van der Waals surface area contributed by atoms with E-state index in [0.29, 0.717) is 23.7 Å². The first kappa shape index (κ1) is 25.8. The molecule has 8 nitrogen and oxygen atoms in total. The van der Waals surface area contributed by atoms with Crippen LogP contribution in [0.5, 0.6) is 17.2 Å². The fourth-order valence-corrected chi connectivity index (χ4v) is 4.87. The van der Waals surface area contributed by atoms with Gasteiger partial charge < -0.3 is 29.7 Å². The van der Waals surface area contributed by atoms with Crippen LogP contribution in [0.25, 0.3) is 0 Å². The van der Waals surface area contributed by atoms with Crippen molar-refractivity contribution in [1.29, 1.82) is 0 Å². The van der Waals surface area contributed by atoms with Crippen molar-refractivity contribution in [2.24, 2.45) is 0 Å². The summed E-state index contributed by atoms with van der Waals surface area (Å²) in [6.07, 6.45) is 2.37. The number of halogens is 1. The minimum Gasteiger partial charge on any atom is -0.497 e. The number of ether oxygens (including phenoxy) is 3. The molecule has 2 aromatic rings. The Kier molecular flexibility index (Phi) is 7.98. The average molecular weight is 500 g/mol. The number of fused-ring (bicyclic) bond motifs is 1. The number of anilines is 1. The number of ketones is 1. The van der Waals surface area contributed by atoms with E-state index >= 15 is 0 Å². The summed E-state index contributed by atoms with van der Waals surface area (Å²) in [4.78, 5) is 25.6. The molecule has 0 saturated carbocycles. The molecule has 0 aliphatic carbocycles. The molecule has 1 spiro atoms. The van der Waals surface area contributed by atoms with Gasteiger partial charge in [0.1, 0.15) is 41.1 Å². The highest BCUT2D eigenvalue weighted by molar-refractivity contribution is 5.81. The van der Waals surface area contributed by atoms with Gasteiger partial charge >= 0.3 is 0 Å². The van der Waals surface area contributed by atoms with E-state index in [9.17, 15) is 14.0 Å². The number of hydrogen-bond donors (Lipinski definition) is 2. The summed E-state index contributed by atoms with van der Waals surface area (Å²) in [6, 6.07) is 9.85. The molecule has 1 fully saturated rings. The predicted octanol–water partition coefficient (Wildman–Crippen LogP) is 3.19. The van der Waals surface area contributed by atoms with Gasteiger partial charge in [0.2, 0.25) is 5.91 Å². The van der Waals surface area contributed by atoms with Gasteiger partial charge in [-0.1, -0.05) is 0 Å². The minimum atomic E-state index is -0.287. The molecule has 2 heterocycles. The van der Waals surface area contributed by atoms with Crippen molar-refractivity contribution in [2.45, 2.75) is 44.8 Å². The largest absolute Gasteiger partial charge is 0.497 e. The third kappa shape index (κ3) is 6.46. The van der Waals surface area contributed by atoms with Crippen molar-refractivity contribution in [2.75, 3.05) is 45.2 Å². The van der Waals surface area contributed by atoms with Crippen LogP contribution in [0.2, 0.25) is 0 Å². The second-order valence-corrected chi connectivity index (χ2v) is 9.64. The number of nitrogens with zero attached hydrogens (tertiary/aromatic N) is 1. The lowest BCUT2D eigenvalue weighted by Gasteiger charge is -2.39. The van der Waals surface area contributed by atoms with Crippen molar-refractivity contribution >= 4 is 17.4 Å². The summed E-state index contributed by atoms with van der Waals surface area (Å²) in [5, 5.41) is 6.08. The first-order chi connectivity index (χ1) is 17.2. The van der Waals surface area contributed by atoms with Gasteiger partial charge in [-0.25, -0.2) is 4.39 Å². The third-order valence-electron chi connectivity index (χ3n) is 6.67. The van der Waals surface area contributed by atoms with Crippen molar-refractivity contribution < 1.29 is 28.2 Å². The second kappa shape index (κ2) is 11.2. The van der Waals surface area contributed by atoms with Crippen LogP contribution in [0, 0.1) is 5.82 Å². The van der Waals surface area contributed by atoms with Crippen molar-refractivity contribution in [3.8, 4) is 17.2 Å². The quantitative estimate of drug-likeness (QED) is 0.519. The molecule has 0 bridgehead atoms. The monoisotopic (exact) mass is 499 g/mol. The van der Waals surface area contributed by atoms with Crippen LogP contribution in [0.15, 0.2) is 36.4 Å². The van der Waals surface area contributed by atoms with Crippen molar-refractivity contribution in [3.63, 3.8) is 0 Å². The van der Waals surface area contributed by atoms with Gasteiger partial charge in [0.25, 0.3) is 0 Å². The zero-order chi connectivity index (χ0) is 25.7. The van der Waals surface area contributed by atoms with Gasteiger partial charge in [0.15, 0.2) is 0 Å². The molecule has 0 unspecified atom stereocenters. The number of nitrogens with one attached hydrogen (secondary N) is 2. The SMILES string of the molecule is COc1ccc(NCC(C)=O)c(OC[C@@H](CN2CCC3(CC2)Cc2cc(F)ccc2O3)NC(C)=O)c1. The summed E-state index contributed by atoms with van der Waals surface area (Å²) in [5.74, 6) is 1.60. The molecule has 9 heteroatoms. The summed E-state index contributed by atoms with van der Waals surface area (Å²) in [6.45, 7) is 5.68. The Hall–Kier alpha value is -3.33. The molecule has 36 heavy (non-hydrogen) atoms. The summed E-state index contributed by atoms with van der Waals surface area (Å²) < 4.78 is 31.3. The molecule has 2 aliphatic rings. The van der Waals surface area contributed by atoms with E-state index in [-0.39, 0.29) is 42.3 Å². The summed E-state index contributed by atoms with van der Waals surface area (Å²) in [5.41, 5.74) is 1.33. The first-order valence-corrected chi connectivity index (χ1v) is 12.3. The molecule has 1 atom stereocenters. The van der Waals surface area contributed by atoms with E-state index in [1.807, 2.05) is 0 Å². The highest BCUT2D eigenvalue weighted by Gasteiger charge is 2.42. The smallest absolute Gasteiger partial charge is 0.217 e. The number of Topliss-reactive ketones (excluding diaryl/α,β-unsaturated/α-hetero) is 1. The van der Waals surface area contributed by atoms with E-state index < -0.39 is 0 Å². The number of piperidine rings is 1. The van der Waals surface area contributed by atoms with Crippen molar-refractivity contribution in [1.82, 2.24) is 10.2 Å². The molecule has 0 aromatic heterocycles. The molecular weight excluding hydrogens is 465 g/mol.